The van der Waals surface area contributed by atoms with E-state index in [4.69, 9.17) is 21.1 Å². The van der Waals surface area contributed by atoms with Gasteiger partial charge in [0.05, 0.1) is 11.1 Å². The molecular weight excluding hydrogens is 438 g/mol. The van der Waals surface area contributed by atoms with Gasteiger partial charge in [-0.2, -0.15) is 0 Å². The monoisotopic (exact) mass is 465 g/mol. The largest absolute Gasteiger partial charge is 0.490 e. The van der Waals surface area contributed by atoms with E-state index in [0.29, 0.717) is 24.3 Å². The number of rotatable bonds is 8. The summed E-state index contributed by atoms with van der Waals surface area (Å²) in [5, 5.41) is 4.44. The van der Waals surface area contributed by atoms with Crippen LogP contribution in [0.15, 0.2) is 40.9 Å². The maximum atomic E-state index is 6.08. The molecule has 3 rings (SSSR count). The molecule has 1 aliphatic rings. The van der Waals surface area contributed by atoms with Crippen LogP contribution in [-0.4, -0.2) is 12.6 Å². The molecule has 0 amide bonds. The molecular formula is C23H29BrClNO2. The van der Waals surface area contributed by atoms with Crippen LogP contribution < -0.4 is 14.8 Å². The molecule has 0 spiro atoms. The molecule has 1 N–H and O–H groups in total. The lowest BCUT2D eigenvalue weighted by Gasteiger charge is -2.19. The third kappa shape index (κ3) is 6.40. The number of halogens is 2. The minimum atomic E-state index is 0.443. The second-order valence-electron chi connectivity index (χ2n) is 7.33. The Bertz CT molecular complexity index is 760. The summed E-state index contributed by atoms with van der Waals surface area (Å²) in [4.78, 5) is 0. The highest BCUT2D eigenvalue weighted by atomic mass is 79.9. The highest BCUT2D eigenvalue weighted by molar-refractivity contribution is 9.10. The van der Waals surface area contributed by atoms with Crippen molar-refractivity contribution in [3.05, 3.63) is 57.0 Å². The second kappa shape index (κ2) is 11.1. The van der Waals surface area contributed by atoms with Gasteiger partial charge in [-0.3, -0.25) is 0 Å². The lowest BCUT2D eigenvalue weighted by Crippen LogP contribution is -2.27. The Morgan fingerprint density at radius 1 is 1.04 bits per heavy atom. The lowest BCUT2D eigenvalue weighted by molar-refractivity contribution is 0.267. The number of hydrogen-bond donors (Lipinski definition) is 1. The van der Waals surface area contributed by atoms with Crippen LogP contribution in [-0.2, 0) is 13.2 Å². The van der Waals surface area contributed by atoms with Gasteiger partial charge in [0.15, 0.2) is 11.5 Å². The first-order valence-electron chi connectivity index (χ1n) is 10.2. The van der Waals surface area contributed by atoms with Crippen LogP contribution in [0.25, 0.3) is 0 Å². The maximum Gasteiger partial charge on any atom is 0.175 e. The van der Waals surface area contributed by atoms with E-state index in [9.17, 15) is 0 Å². The molecule has 152 valence electrons. The van der Waals surface area contributed by atoms with E-state index >= 15 is 0 Å². The average molecular weight is 467 g/mol. The molecule has 1 saturated carbocycles. The zero-order valence-electron chi connectivity index (χ0n) is 16.5. The van der Waals surface area contributed by atoms with Gasteiger partial charge in [-0.1, -0.05) is 49.4 Å². The molecule has 0 unspecified atom stereocenters. The van der Waals surface area contributed by atoms with Gasteiger partial charge in [-0.15, -0.1) is 0 Å². The summed E-state index contributed by atoms with van der Waals surface area (Å²) in [5.41, 5.74) is 2.23. The molecule has 1 aliphatic carbocycles. The third-order valence-electron chi connectivity index (χ3n) is 5.09. The maximum absolute atomic E-state index is 6.08. The van der Waals surface area contributed by atoms with E-state index in [1.54, 1.807) is 0 Å². The van der Waals surface area contributed by atoms with Crippen LogP contribution in [0.1, 0.15) is 56.6 Å². The fourth-order valence-corrected chi connectivity index (χ4v) is 4.47. The van der Waals surface area contributed by atoms with Crippen molar-refractivity contribution in [1.29, 1.82) is 0 Å². The molecule has 0 bridgehead atoms. The second-order valence-corrected chi connectivity index (χ2v) is 8.62. The zero-order chi connectivity index (χ0) is 19.8. The average Bonchev–Trinajstić information content (AvgIpc) is 2.95. The smallest absolute Gasteiger partial charge is 0.175 e. The highest BCUT2D eigenvalue weighted by Gasteiger charge is 2.15. The molecule has 0 aliphatic heterocycles. The standard InChI is InChI=1S/C23H29BrClNO2/c1-2-27-22-14-18(15-26-20-10-5-3-4-6-11-20)13-21(24)23(22)28-16-17-8-7-9-19(25)12-17/h7-9,12-14,20,26H,2-6,10-11,15-16H2,1H3. The lowest BCUT2D eigenvalue weighted by atomic mass is 10.1. The summed E-state index contributed by atoms with van der Waals surface area (Å²) in [5.74, 6) is 1.51. The molecule has 0 aromatic heterocycles. The Hall–Kier alpha value is -1.23. The molecule has 0 atom stereocenters. The minimum Gasteiger partial charge on any atom is -0.490 e. The summed E-state index contributed by atoms with van der Waals surface area (Å²) in [7, 11) is 0. The summed E-state index contributed by atoms with van der Waals surface area (Å²) in [6, 6.07) is 12.6. The van der Waals surface area contributed by atoms with Crippen molar-refractivity contribution in [2.45, 2.75) is 64.6 Å². The van der Waals surface area contributed by atoms with Gasteiger partial charge in [-0.05, 0) is 71.1 Å². The fourth-order valence-electron chi connectivity index (χ4n) is 3.65. The topological polar surface area (TPSA) is 30.5 Å². The molecule has 2 aromatic rings. The van der Waals surface area contributed by atoms with Crippen molar-refractivity contribution in [2.24, 2.45) is 0 Å². The van der Waals surface area contributed by atoms with Crippen LogP contribution in [0, 0.1) is 0 Å². The van der Waals surface area contributed by atoms with Crippen LogP contribution in [0.4, 0.5) is 0 Å². The van der Waals surface area contributed by atoms with Crippen molar-refractivity contribution in [3.63, 3.8) is 0 Å². The molecule has 2 aromatic carbocycles. The first-order valence-corrected chi connectivity index (χ1v) is 11.4. The molecule has 3 nitrogen and oxygen atoms in total. The summed E-state index contributed by atoms with van der Waals surface area (Å²) < 4.78 is 12.9. The number of hydrogen-bond acceptors (Lipinski definition) is 3. The fraction of sp³-hybridized carbons (Fsp3) is 0.478. The number of ether oxygens (including phenoxy) is 2. The van der Waals surface area contributed by atoms with E-state index in [1.807, 2.05) is 31.2 Å². The highest BCUT2D eigenvalue weighted by Crippen LogP contribution is 2.37. The quantitative estimate of drug-likeness (QED) is 0.429. The van der Waals surface area contributed by atoms with Gasteiger partial charge in [0.25, 0.3) is 0 Å². The van der Waals surface area contributed by atoms with E-state index in [1.165, 1.54) is 44.1 Å². The van der Waals surface area contributed by atoms with Gasteiger partial charge in [-0.25, -0.2) is 0 Å². The van der Waals surface area contributed by atoms with Gasteiger partial charge < -0.3 is 14.8 Å². The van der Waals surface area contributed by atoms with Crippen LogP contribution in [0.5, 0.6) is 11.5 Å². The molecule has 28 heavy (non-hydrogen) atoms. The van der Waals surface area contributed by atoms with E-state index in [0.717, 1.165) is 28.1 Å². The van der Waals surface area contributed by atoms with Gasteiger partial charge in [0.2, 0.25) is 0 Å². The van der Waals surface area contributed by atoms with Gasteiger partial charge in [0, 0.05) is 17.6 Å². The van der Waals surface area contributed by atoms with Crippen LogP contribution in [0.2, 0.25) is 5.02 Å². The van der Waals surface area contributed by atoms with E-state index in [-0.39, 0.29) is 0 Å². The predicted octanol–water partition coefficient (Wildman–Crippen LogP) is 6.89. The van der Waals surface area contributed by atoms with Crippen molar-refractivity contribution in [2.75, 3.05) is 6.61 Å². The molecule has 1 fully saturated rings. The SMILES string of the molecule is CCOc1cc(CNC2CCCCCC2)cc(Br)c1OCc1cccc(Cl)c1. The van der Waals surface area contributed by atoms with E-state index < -0.39 is 0 Å². The molecule has 5 heteroatoms. The van der Waals surface area contributed by atoms with Crippen molar-refractivity contribution in [3.8, 4) is 11.5 Å². The zero-order valence-corrected chi connectivity index (χ0v) is 18.8. The van der Waals surface area contributed by atoms with Gasteiger partial charge in [0.1, 0.15) is 6.61 Å². The molecule has 0 heterocycles. The Kier molecular flexibility index (Phi) is 8.50. The Morgan fingerprint density at radius 2 is 1.82 bits per heavy atom. The first kappa shape index (κ1) is 21.5. The Balaban J connectivity index is 1.68. The summed E-state index contributed by atoms with van der Waals surface area (Å²) >= 11 is 9.75. The van der Waals surface area contributed by atoms with Crippen LogP contribution >= 0.6 is 27.5 Å². The summed E-state index contributed by atoms with van der Waals surface area (Å²) in [6.07, 6.45) is 7.97. The van der Waals surface area contributed by atoms with Crippen molar-refractivity contribution >= 4 is 27.5 Å². The van der Waals surface area contributed by atoms with Crippen molar-refractivity contribution < 1.29 is 9.47 Å². The third-order valence-corrected chi connectivity index (χ3v) is 5.92. The Morgan fingerprint density at radius 3 is 2.54 bits per heavy atom. The van der Waals surface area contributed by atoms with E-state index in [2.05, 4.69) is 33.4 Å². The summed E-state index contributed by atoms with van der Waals surface area (Å²) in [6.45, 7) is 3.88. The normalized spacial score (nSPS) is 15.2. The number of nitrogens with one attached hydrogen (secondary N) is 1. The Labute approximate surface area is 181 Å². The first-order chi connectivity index (χ1) is 13.7. The number of benzene rings is 2. The molecule has 0 saturated heterocycles. The minimum absolute atomic E-state index is 0.443. The molecule has 0 radical (unpaired) electrons. The van der Waals surface area contributed by atoms with Crippen molar-refractivity contribution in [1.82, 2.24) is 5.32 Å². The predicted molar refractivity (Wildman–Crippen MR) is 119 cm³/mol. The van der Waals surface area contributed by atoms with Crippen LogP contribution in [0.3, 0.4) is 0 Å². The van der Waals surface area contributed by atoms with Gasteiger partial charge >= 0.3 is 0 Å².